The molecule has 8 rings (SSSR count). The number of anilines is 2. The van der Waals surface area contributed by atoms with Gasteiger partial charge < -0.3 is 9.47 Å². The van der Waals surface area contributed by atoms with Crippen LogP contribution in [0.1, 0.15) is 36.5 Å². The molecule has 1 aliphatic heterocycles. The molecular formula is C39H32N2. The summed E-state index contributed by atoms with van der Waals surface area (Å²) >= 11 is 0. The highest BCUT2D eigenvalue weighted by Crippen LogP contribution is 2.52. The summed E-state index contributed by atoms with van der Waals surface area (Å²) < 4.78 is 2.46. The van der Waals surface area contributed by atoms with Crippen molar-refractivity contribution in [3.05, 3.63) is 155 Å². The zero-order valence-corrected chi connectivity index (χ0v) is 23.5. The fourth-order valence-electron chi connectivity index (χ4n) is 7.36. The van der Waals surface area contributed by atoms with Gasteiger partial charge in [-0.2, -0.15) is 0 Å². The first kappa shape index (κ1) is 24.0. The van der Waals surface area contributed by atoms with Gasteiger partial charge in [-0.3, -0.25) is 0 Å². The van der Waals surface area contributed by atoms with Gasteiger partial charge in [0, 0.05) is 34.0 Å². The molecule has 5 aromatic rings. The molecule has 0 fully saturated rings. The Balaban J connectivity index is 1.43. The van der Waals surface area contributed by atoms with Gasteiger partial charge in [0.1, 0.15) is 0 Å². The molecule has 0 saturated heterocycles. The lowest BCUT2D eigenvalue weighted by Crippen LogP contribution is -2.37. The average Bonchev–Trinajstić information content (AvgIpc) is 3.44. The van der Waals surface area contributed by atoms with E-state index in [1.165, 1.54) is 32.6 Å². The van der Waals surface area contributed by atoms with Gasteiger partial charge in [-0.25, -0.2) is 0 Å². The fourth-order valence-corrected chi connectivity index (χ4v) is 7.36. The molecule has 41 heavy (non-hydrogen) atoms. The summed E-state index contributed by atoms with van der Waals surface area (Å²) in [6.07, 6.45) is 11.8. The molecule has 2 aliphatic carbocycles. The van der Waals surface area contributed by atoms with Crippen LogP contribution in [-0.2, 0) is 5.41 Å². The Morgan fingerprint density at radius 2 is 1.46 bits per heavy atom. The molecule has 0 N–H and O–H groups in total. The van der Waals surface area contributed by atoms with Crippen LogP contribution in [0.5, 0.6) is 0 Å². The largest absolute Gasteiger partial charge is 0.314 e. The molecule has 198 valence electrons. The SMILES string of the molecule is C=C1/C=C\C(n2c3c(c4ccccc42)=CC2c4ccccc4C(C)(C)C2C=3)=C/N(c2ccccc2)c2ccccc21. The van der Waals surface area contributed by atoms with Crippen molar-refractivity contribution in [3.8, 4) is 0 Å². The standard InChI is InChI=1S/C39H32N2/c1-26-21-22-28(25-40(27-13-5-4-6-14-27)36-19-11-8-15-29(26)36)41-37-20-12-9-17-31(37)33-23-32-30-16-7-10-18-34(30)39(2,3)35(32)24-38(33)41/h4-25,32,35H,1H2,2-3H3/b22-21-,28-25+. The molecule has 0 spiro atoms. The third-order valence-electron chi connectivity index (χ3n) is 9.39. The summed E-state index contributed by atoms with van der Waals surface area (Å²) in [6, 6.07) is 37.0. The molecule has 0 saturated carbocycles. The molecule has 2 heterocycles. The topological polar surface area (TPSA) is 8.17 Å². The lowest BCUT2D eigenvalue weighted by molar-refractivity contribution is 0.421. The van der Waals surface area contributed by atoms with E-state index >= 15 is 0 Å². The predicted octanol–water partition coefficient (Wildman–Crippen LogP) is 8.13. The summed E-state index contributed by atoms with van der Waals surface area (Å²) in [5.41, 5.74) is 9.69. The van der Waals surface area contributed by atoms with Crippen LogP contribution in [0.15, 0.2) is 128 Å². The number of fused-ring (bicyclic) bond motifs is 7. The highest BCUT2D eigenvalue weighted by atomic mass is 15.1. The van der Waals surface area contributed by atoms with Gasteiger partial charge in [-0.1, -0.05) is 118 Å². The molecule has 0 amide bonds. The van der Waals surface area contributed by atoms with Crippen LogP contribution < -0.4 is 15.5 Å². The predicted molar refractivity (Wildman–Crippen MR) is 173 cm³/mol. The number of allylic oxidation sites excluding steroid dienone is 4. The Morgan fingerprint density at radius 3 is 2.34 bits per heavy atom. The second kappa shape index (κ2) is 8.84. The first-order chi connectivity index (χ1) is 20.0. The Kier molecular flexibility index (Phi) is 5.18. The number of aromatic nitrogens is 1. The number of benzene rings is 4. The number of rotatable bonds is 2. The minimum atomic E-state index is 0.0468. The van der Waals surface area contributed by atoms with Crippen molar-refractivity contribution in [1.82, 2.24) is 4.57 Å². The Morgan fingerprint density at radius 1 is 0.732 bits per heavy atom. The molecule has 0 radical (unpaired) electrons. The maximum Gasteiger partial charge on any atom is 0.0628 e. The van der Waals surface area contributed by atoms with E-state index in [0.717, 1.165) is 28.2 Å². The highest BCUT2D eigenvalue weighted by molar-refractivity contribution is 5.92. The van der Waals surface area contributed by atoms with Crippen LogP contribution in [0.2, 0.25) is 0 Å². The summed E-state index contributed by atoms with van der Waals surface area (Å²) in [4.78, 5) is 2.31. The van der Waals surface area contributed by atoms with Crippen LogP contribution >= 0.6 is 0 Å². The second-order valence-electron chi connectivity index (χ2n) is 12.0. The monoisotopic (exact) mass is 528 g/mol. The van der Waals surface area contributed by atoms with E-state index in [0.29, 0.717) is 11.8 Å². The highest BCUT2D eigenvalue weighted by Gasteiger charge is 2.45. The molecule has 2 heteroatoms. The number of hydrogen-bond acceptors (Lipinski definition) is 1. The van der Waals surface area contributed by atoms with Gasteiger partial charge in [0.2, 0.25) is 0 Å². The van der Waals surface area contributed by atoms with Crippen LogP contribution in [-0.4, -0.2) is 4.57 Å². The maximum atomic E-state index is 4.47. The van der Waals surface area contributed by atoms with Gasteiger partial charge in [0.05, 0.1) is 22.3 Å². The first-order valence-electron chi connectivity index (χ1n) is 14.5. The van der Waals surface area contributed by atoms with Crippen molar-refractivity contribution >= 4 is 45.7 Å². The number of para-hydroxylation sites is 3. The van der Waals surface area contributed by atoms with Gasteiger partial charge in [-0.05, 0) is 58.4 Å². The van der Waals surface area contributed by atoms with Crippen molar-refractivity contribution in [2.24, 2.45) is 5.92 Å². The molecule has 2 atom stereocenters. The Bertz CT molecular complexity index is 2050. The summed E-state index contributed by atoms with van der Waals surface area (Å²) in [5, 5.41) is 3.90. The van der Waals surface area contributed by atoms with Gasteiger partial charge in [-0.15, -0.1) is 0 Å². The minimum Gasteiger partial charge on any atom is -0.314 e. The summed E-state index contributed by atoms with van der Waals surface area (Å²) in [5.74, 6) is 0.761. The van der Waals surface area contributed by atoms with Crippen molar-refractivity contribution < 1.29 is 0 Å². The lowest BCUT2D eigenvalue weighted by atomic mass is 9.74. The molecular weight excluding hydrogens is 496 g/mol. The quantitative estimate of drug-likeness (QED) is 0.225. The van der Waals surface area contributed by atoms with Crippen LogP contribution in [0.3, 0.4) is 0 Å². The summed E-state index contributed by atoms with van der Waals surface area (Å²) in [7, 11) is 0. The van der Waals surface area contributed by atoms with E-state index in [1.54, 1.807) is 0 Å². The van der Waals surface area contributed by atoms with Crippen molar-refractivity contribution in [3.63, 3.8) is 0 Å². The van der Waals surface area contributed by atoms with Crippen molar-refractivity contribution in [2.75, 3.05) is 4.90 Å². The van der Waals surface area contributed by atoms with E-state index in [2.05, 4.69) is 164 Å². The third-order valence-corrected chi connectivity index (χ3v) is 9.39. The molecule has 0 bridgehead atoms. The maximum absolute atomic E-state index is 4.47. The van der Waals surface area contributed by atoms with Crippen LogP contribution in [0, 0.1) is 5.92 Å². The number of nitrogens with zero attached hydrogens (tertiary/aromatic N) is 2. The van der Waals surface area contributed by atoms with E-state index < -0.39 is 0 Å². The molecule has 1 aromatic heterocycles. The van der Waals surface area contributed by atoms with Gasteiger partial charge in [0.25, 0.3) is 0 Å². The van der Waals surface area contributed by atoms with Crippen LogP contribution in [0.4, 0.5) is 11.4 Å². The zero-order chi connectivity index (χ0) is 27.7. The first-order valence-corrected chi connectivity index (χ1v) is 14.5. The molecule has 2 unspecified atom stereocenters. The molecule has 2 nitrogen and oxygen atoms in total. The third kappa shape index (κ3) is 3.50. The van der Waals surface area contributed by atoms with E-state index in [-0.39, 0.29) is 5.41 Å². The van der Waals surface area contributed by atoms with Crippen molar-refractivity contribution in [1.29, 1.82) is 0 Å². The van der Waals surface area contributed by atoms with Crippen molar-refractivity contribution in [2.45, 2.75) is 25.2 Å². The van der Waals surface area contributed by atoms with Gasteiger partial charge >= 0.3 is 0 Å². The zero-order valence-electron chi connectivity index (χ0n) is 23.5. The van der Waals surface area contributed by atoms with Gasteiger partial charge in [0.15, 0.2) is 0 Å². The lowest BCUT2D eigenvalue weighted by Gasteiger charge is -2.30. The fraction of sp³-hybridized carbons (Fsp3) is 0.128. The smallest absolute Gasteiger partial charge is 0.0628 e. The molecule has 3 aliphatic rings. The minimum absolute atomic E-state index is 0.0468. The van der Waals surface area contributed by atoms with E-state index in [4.69, 9.17) is 0 Å². The number of hydrogen-bond donors (Lipinski definition) is 0. The molecule has 4 aromatic carbocycles. The van der Waals surface area contributed by atoms with E-state index in [9.17, 15) is 0 Å². The normalized spacial score (nSPS) is 22.1. The Labute approximate surface area is 241 Å². The Hall–Kier alpha value is -4.82. The average molecular weight is 529 g/mol. The van der Waals surface area contributed by atoms with E-state index in [1.807, 2.05) is 0 Å². The summed E-state index contributed by atoms with van der Waals surface area (Å²) in [6.45, 7) is 9.29. The second-order valence-corrected chi connectivity index (χ2v) is 12.0. The van der Waals surface area contributed by atoms with Crippen LogP contribution in [0.25, 0.3) is 34.3 Å².